The van der Waals surface area contributed by atoms with Gasteiger partial charge in [-0.3, -0.25) is 4.79 Å². The Balaban J connectivity index is 0.000000571. The Morgan fingerprint density at radius 3 is 2.02 bits per heavy atom. The molecule has 0 fully saturated rings. The third-order valence-corrected chi connectivity index (χ3v) is 5.92. The Labute approximate surface area is 263 Å². The molecule has 1 atom stereocenters. The molecule has 3 aromatic rings. The third kappa shape index (κ3) is 14.9. The predicted molar refractivity (Wildman–Crippen MR) is 178 cm³/mol. The fourth-order valence-electron chi connectivity index (χ4n) is 3.83. The summed E-state index contributed by atoms with van der Waals surface area (Å²) >= 11 is 0. The Morgan fingerprint density at radius 1 is 0.977 bits per heavy atom. The minimum absolute atomic E-state index is 0.166. The summed E-state index contributed by atoms with van der Waals surface area (Å²) < 4.78 is 11.1. The molecule has 3 aromatic carbocycles. The summed E-state index contributed by atoms with van der Waals surface area (Å²) in [7, 11) is 5.19. The lowest BCUT2D eigenvalue weighted by Crippen LogP contribution is -2.48. The molecule has 0 aliphatic heterocycles. The summed E-state index contributed by atoms with van der Waals surface area (Å²) in [4.78, 5) is 36.3. The molecular weight excluding hydrogens is 554 g/mol. The van der Waals surface area contributed by atoms with Gasteiger partial charge >= 0.3 is 6.09 Å². The fourth-order valence-corrected chi connectivity index (χ4v) is 3.83. The lowest BCUT2D eigenvalue weighted by atomic mass is 10.0. The van der Waals surface area contributed by atoms with Gasteiger partial charge in [-0.15, -0.1) is 12.3 Å². The van der Waals surface area contributed by atoms with Gasteiger partial charge in [-0.1, -0.05) is 48.0 Å². The predicted octanol–water partition coefficient (Wildman–Crippen LogP) is 6.81. The summed E-state index contributed by atoms with van der Waals surface area (Å²) in [6.45, 7) is 9.05. The number of terminal acetylenes is 1. The number of hydrogen-bond acceptors (Lipinski definition) is 6. The molecule has 0 saturated carbocycles. The van der Waals surface area contributed by atoms with Crippen molar-refractivity contribution in [3.8, 4) is 23.8 Å². The minimum atomic E-state index is -0.654. The van der Waals surface area contributed by atoms with E-state index in [4.69, 9.17) is 9.47 Å². The highest BCUT2D eigenvalue weighted by Crippen LogP contribution is 2.22. The van der Waals surface area contributed by atoms with Crippen LogP contribution in [-0.2, 0) is 27.2 Å². The minimum Gasteiger partial charge on any atom is -0.457 e. The molecule has 0 aromatic heterocycles. The van der Waals surface area contributed by atoms with Crippen molar-refractivity contribution in [3.05, 3.63) is 89.5 Å². The third-order valence-electron chi connectivity index (χ3n) is 5.92. The van der Waals surface area contributed by atoms with E-state index in [-0.39, 0.29) is 5.91 Å². The van der Waals surface area contributed by atoms with E-state index in [2.05, 4.69) is 23.0 Å². The fraction of sp³-hybridized carbons (Fsp3) is 0.361. The number of aldehydes is 1. The van der Waals surface area contributed by atoms with Crippen LogP contribution in [0.4, 0.5) is 10.5 Å². The van der Waals surface area contributed by atoms with Gasteiger partial charge < -0.3 is 29.8 Å². The summed E-state index contributed by atoms with van der Waals surface area (Å²) in [5, 5.41) is 5.72. The molecule has 8 nitrogen and oxygen atoms in total. The summed E-state index contributed by atoms with van der Waals surface area (Å²) in [5.41, 5.74) is 3.68. The van der Waals surface area contributed by atoms with Crippen molar-refractivity contribution in [2.24, 2.45) is 0 Å². The SMILES string of the molecule is C#CC.CNc1ccccc1CC=O.Cc1ccc(Oc2ccc(CCC(NC(=O)OC(C)(C)C)C(=O)N(C)C)cc2)cc1. The molecule has 0 aliphatic rings. The molecule has 236 valence electrons. The van der Waals surface area contributed by atoms with Crippen molar-refractivity contribution in [1.29, 1.82) is 0 Å². The Kier molecular flexibility index (Phi) is 16.4. The van der Waals surface area contributed by atoms with Gasteiger partial charge in [-0.25, -0.2) is 4.79 Å². The molecular formula is C36H47N3O5. The number of anilines is 1. The first-order valence-electron chi connectivity index (χ1n) is 14.4. The maximum atomic E-state index is 12.5. The zero-order valence-electron chi connectivity index (χ0n) is 27.3. The Hall–Kier alpha value is -4.77. The number of rotatable bonds is 10. The molecule has 0 heterocycles. The molecule has 3 rings (SSSR count). The van der Waals surface area contributed by atoms with E-state index < -0.39 is 17.7 Å². The molecule has 0 saturated heterocycles. The second-order valence-electron chi connectivity index (χ2n) is 11.1. The van der Waals surface area contributed by atoms with Crippen molar-refractivity contribution in [2.75, 3.05) is 26.5 Å². The monoisotopic (exact) mass is 601 g/mol. The highest BCUT2D eigenvalue weighted by Gasteiger charge is 2.25. The van der Waals surface area contributed by atoms with Crippen LogP contribution >= 0.6 is 0 Å². The van der Waals surface area contributed by atoms with Gasteiger partial charge in [0.1, 0.15) is 29.4 Å². The van der Waals surface area contributed by atoms with Crippen LogP contribution in [0.1, 0.15) is 50.8 Å². The van der Waals surface area contributed by atoms with Gasteiger partial charge in [0.25, 0.3) is 0 Å². The van der Waals surface area contributed by atoms with Crippen molar-refractivity contribution in [2.45, 2.75) is 65.5 Å². The van der Waals surface area contributed by atoms with Crippen molar-refractivity contribution in [3.63, 3.8) is 0 Å². The van der Waals surface area contributed by atoms with E-state index in [1.807, 2.05) is 86.8 Å². The lowest BCUT2D eigenvalue weighted by molar-refractivity contribution is -0.131. The van der Waals surface area contributed by atoms with E-state index in [1.165, 1.54) is 10.5 Å². The van der Waals surface area contributed by atoms with Gasteiger partial charge in [0.2, 0.25) is 5.91 Å². The topological polar surface area (TPSA) is 97.0 Å². The average molecular weight is 602 g/mol. The van der Waals surface area contributed by atoms with E-state index in [1.54, 1.807) is 41.8 Å². The van der Waals surface area contributed by atoms with Crippen molar-refractivity contribution >= 4 is 24.0 Å². The molecule has 0 aliphatic carbocycles. The van der Waals surface area contributed by atoms with Crippen LogP contribution in [0.2, 0.25) is 0 Å². The smallest absolute Gasteiger partial charge is 0.408 e. The molecule has 0 radical (unpaired) electrons. The number of ether oxygens (including phenoxy) is 2. The van der Waals surface area contributed by atoms with Crippen LogP contribution < -0.4 is 15.4 Å². The van der Waals surface area contributed by atoms with Crippen LogP contribution in [0.15, 0.2) is 72.8 Å². The van der Waals surface area contributed by atoms with E-state index in [0.29, 0.717) is 19.3 Å². The van der Waals surface area contributed by atoms with Gasteiger partial charge in [0, 0.05) is 33.3 Å². The first-order chi connectivity index (χ1) is 20.8. The molecule has 2 amide bonds. The number of carbonyl (C=O) groups excluding carboxylic acids is 3. The number of nitrogens with zero attached hydrogens (tertiary/aromatic N) is 1. The number of carbonyl (C=O) groups is 3. The highest BCUT2D eigenvalue weighted by molar-refractivity contribution is 5.85. The quantitative estimate of drug-likeness (QED) is 0.196. The average Bonchev–Trinajstić information content (AvgIpc) is 2.97. The number of para-hydroxylation sites is 1. The van der Waals surface area contributed by atoms with Crippen LogP contribution in [0.5, 0.6) is 11.5 Å². The number of aryl methyl sites for hydroxylation is 2. The van der Waals surface area contributed by atoms with Crippen LogP contribution in [-0.4, -0.2) is 56.0 Å². The highest BCUT2D eigenvalue weighted by atomic mass is 16.6. The number of nitrogens with one attached hydrogen (secondary N) is 2. The Morgan fingerprint density at radius 2 is 1.52 bits per heavy atom. The largest absolute Gasteiger partial charge is 0.457 e. The second kappa shape index (κ2) is 19.4. The van der Waals surface area contributed by atoms with E-state index in [0.717, 1.165) is 34.6 Å². The van der Waals surface area contributed by atoms with Gasteiger partial charge in [0.05, 0.1) is 0 Å². The molecule has 1 unspecified atom stereocenters. The lowest BCUT2D eigenvalue weighted by Gasteiger charge is -2.25. The van der Waals surface area contributed by atoms with Crippen LogP contribution in [0, 0.1) is 19.3 Å². The van der Waals surface area contributed by atoms with Crippen molar-refractivity contribution < 1.29 is 23.9 Å². The summed E-state index contributed by atoms with van der Waals surface area (Å²) in [6.07, 6.45) is 6.50. The normalized spacial score (nSPS) is 10.7. The zero-order chi connectivity index (χ0) is 33.1. The first kappa shape index (κ1) is 37.3. The standard InChI is InChI=1S/C24H32N2O4.C9H11NO.C3H4/c1-17-7-12-19(13-8-17)29-20-14-9-18(10-15-20)11-16-21(22(27)26(5)6)25-23(28)30-24(2,3)4;1-10-9-5-3-2-4-8(9)6-7-11;1-3-2/h7-10,12-15,21H,11,16H2,1-6H3,(H,25,28);2-5,7,10H,6H2,1H3;1H,2H3. The van der Waals surface area contributed by atoms with E-state index >= 15 is 0 Å². The number of amides is 2. The number of hydrogen-bond donors (Lipinski definition) is 2. The summed E-state index contributed by atoms with van der Waals surface area (Å²) in [5.74, 6) is 3.61. The number of benzene rings is 3. The molecule has 0 spiro atoms. The second-order valence-corrected chi connectivity index (χ2v) is 11.1. The maximum absolute atomic E-state index is 12.5. The molecule has 0 bridgehead atoms. The molecule has 44 heavy (non-hydrogen) atoms. The number of alkyl carbamates (subject to hydrolysis) is 1. The van der Waals surface area contributed by atoms with Crippen molar-refractivity contribution in [1.82, 2.24) is 10.2 Å². The first-order valence-corrected chi connectivity index (χ1v) is 14.4. The van der Waals surface area contributed by atoms with E-state index in [9.17, 15) is 14.4 Å². The molecule has 2 N–H and O–H groups in total. The Bertz CT molecular complexity index is 1340. The van der Waals surface area contributed by atoms with Gasteiger partial charge in [-0.2, -0.15) is 0 Å². The number of likely N-dealkylation sites (N-methyl/N-ethyl adjacent to an activating group) is 1. The zero-order valence-corrected chi connectivity index (χ0v) is 27.3. The van der Waals surface area contributed by atoms with Gasteiger partial charge in [-0.05, 0) is 88.9 Å². The van der Waals surface area contributed by atoms with Crippen LogP contribution in [0.25, 0.3) is 0 Å². The maximum Gasteiger partial charge on any atom is 0.408 e. The molecule has 8 heteroatoms. The van der Waals surface area contributed by atoms with Gasteiger partial charge in [0.15, 0.2) is 0 Å². The summed E-state index contributed by atoms with van der Waals surface area (Å²) in [6, 6.07) is 22.7. The van der Waals surface area contributed by atoms with Crippen LogP contribution in [0.3, 0.4) is 0 Å².